The minimum atomic E-state index is -0.229. The largest absolute Gasteiger partial charge is 0.493 e. The number of carbonyl (C=O) groups is 1. The van der Waals surface area contributed by atoms with E-state index < -0.39 is 0 Å². The van der Waals surface area contributed by atoms with Crippen LogP contribution in [0.5, 0.6) is 11.5 Å². The lowest BCUT2D eigenvalue weighted by Crippen LogP contribution is -2.26. The topological polar surface area (TPSA) is 65.4 Å². The minimum Gasteiger partial charge on any atom is -0.493 e. The van der Waals surface area contributed by atoms with Gasteiger partial charge in [0.1, 0.15) is 5.15 Å². The molecule has 0 aliphatic rings. The average Bonchev–Trinajstić information content (AvgIpc) is 3.01. The van der Waals surface area contributed by atoms with Crippen molar-refractivity contribution in [2.24, 2.45) is 0 Å². The number of hydrogen-bond acceptors (Lipinski definition) is 4. The lowest BCUT2D eigenvalue weighted by Gasteiger charge is -2.10. The van der Waals surface area contributed by atoms with Crippen LogP contribution in [-0.4, -0.2) is 36.5 Å². The maximum atomic E-state index is 12.7. The van der Waals surface area contributed by atoms with Crippen LogP contribution in [0.3, 0.4) is 0 Å². The van der Waals surface area contributed by atoms with Crippen molar-refractivity contribution >= 4 is 17.5 Å². The van der Waals surface area contributed by atoms with E-state index in [-0.39, 0.29) is 5.91 Å². The molecule has 3 aromatic rings. The summed E-state index contributed by atoms with van der Waals surface area (Å²) in [5.74, 6) is 1.11. The van der Waals surface area contributed by atoms with Gasteiger partial charge in [0.05, 0.1) is 32.0 Å². The third-order valence-corrected chi connectivity index (χ3v) is 5.00. The SMILES string of the molecule is COc1ccc(CCNC(=O)c2c(C)nn(Cc3ccccc3)c2Cl)cc1OC. The van der Waals surface area contributed by atoms with Gasteiger partial charge in [-0.15, -0.1) is 0 Å². The highest BCUT2D eigenvalue weighted by molar-refractivity contribution is 6.33. The van der Waals surface area contributed by atoms with E-state index in [1.54, 1.807) is 25.8 Å². The molecule has 0 aliphatic carbocycles. The van der Waals surface area contributed by atoms with Crippen molar-refractivity contribution in [3.05, 3.63) is 76.1 Å². The van der Waals surface area contributed by atoms with Gasteiger partial charge in [0.15, 0.2) is 11.5 Å². The summed E-state index contributed by atoms with van der Waals surface area (Å²) in [6.07, 6.45) is 0.654. The molecule has 1 aromatic heterocycles. The Morgan fingerprint density at radius 2 is 1.79 bits per heavy atom. The van der Waals surface area contributed by atoms with Gasteiger partial charge >= 0.3 is 0 Å². The maximum Gasteiger partial charge on any atom is 0.256 e. The first-order valence-corrected chi connectivity index (χ1v) is 9.67. The molecular formula is C22H24ClN3O3. The molecule has 0 unspecified atom stereocenters. The Hall–Kier alpha value is -2.99. The van der Waals surface area contributed by atoms with E-state index in [1.807, 2.05) is 48.5 Å². The Labute approximate surface area is 175 Å². The van der Waals surface area contributed by atoms with Crippen molar-refractivity contribution in [2.75, 3.05) is 20.8 Å². The van der Waals surface area contributed by atoms with Crippen LogP contribution < -0.4 is 14.8 Å². The van der Waals surface area contributed by atoms with Crippen molar-refractivity contribution in [2.45, 2.75) is 19.9 Å². The number of ether oxygens (including phenoxy) is 2. The smallest absolute Gasteiger partial charge is 0.256 e. The van der Waals surface area contributed by atoms with E-state index in [0.717, 1.165) is 11.1 Å². The van der Waals surface area contributed by atoms with Gasteiger partial charge in [0, 0.05) is 6.54 Å². The zero-order valence-electron chi connectivity index (χ0n) is 16.7. The van der Waals surface area contributed by atoms with Crippen LogP contribution in [0.25, 0.3) is 0 Å². The van der Waals surface area contributed by atoms with Crippen LogP contribution in [0.4, 0.5) is 0 Å². The molecule has 1 N–H and O–H groups in total. The summed E-state index contributed by atoms with van der Waals surface area (Å²) < 4.78 is 12.2. The fourth-order valence-electron chi connectivity index (χ4n) is 3.12. The maximum absolute atomic E-state index is 12.7. The zero-order chi connectivity index (χ0) is 20.8. The van der Waals surface area contributed by atoms with Gasteiger partial charge < -0.3 is 14.8 Å². The zero-order valence-corrected chi connectivity index (χ0v) is 17.5. The lowest BCUT2D eigenvalue weighted by molar-refractivity contribution is 0.0953. The highest BCUT2D eigenvalue weighted by atomic mass is 35.5. The normalized spacial score (nSPS) is 10.6. The third-order valence-electron chi connectivity index (χ3n) is 4.61. The van der Waals surface area contributed by atoms with Crippen LogP contribution in [0.1, 0.15) is 27.2 Å². The number of rotatable bonds is 8. The standard InChI is InChI=1S/C22H24ClN3O3/c1-15-20(21(23)26(25-15)14-17-7-5-4-6-8-17)22(27)24-12-11-16-9-10-18(28-2)19(13-16)29-3/h4-10,13H,11-12,14H2,1-3H3,(H,24,27). The summed E-state index contributed by atoms with van der Waals surface area (Å²) in [5, 5.41) is 7.69. The highest BCUT2D eigenvalue weighted by Gasteiger charge is 2.20. The number of amides is 1. The van der Waals surface area contributed by atoms with Crippen molar-refractivity contribution in [1.82, 2.24) is 15.1 Å². The van der Waals surface area contributed by atoms with Crippen LogP contribution >= 0.6 is 11.6 Å². The molecule has 0 fully saturated rings. The molecule has 152 valence electrons. The van der Waals surface area contributed by atoms with Gasteiger partial charge in [-0.25, -0.2) is 4.68 Å². The Morgan fingerprint density at radius 3 is 2.48 bits per heavy atom. The molecule has 2 aromatic carbocycles. The van der Waals surface area contributed by atoms with Gasteiger partial charge in [0.25, 0.3) is 5.91 Å². The summed E-state index contributed by atoms with van der Waals surface area (Å²) in [5.41, 5.74) is 3.12. The van der Waals surface area contributed by atoms with Crippen LogP contribution in [-0.2, 0) is 13.0 Å². The predicted octanol–water partition coefficient (Wildman–Crippen LogP) is 3.88. The molecule has 1 amide bonds. The monoisotopic (exact) mass is 413 g/mol. The van der Waals surface area contributed by atoms with E-state index >= 15 is 0 Å². The second kappa shape index (κ2) is 9.47. The molecule has 0 aliphatic heterocycles. The number of methoxy groups -OCH3 is 2. The number of hydrogen-bond donors (Lipinski definition) is 1. The molecule has 0 saturated carbocycles. The number of aromatic nitrogens is 2. The number of nitrogens with zero attached hydrogens (tertiary/aromatic N) is 2. The molecule has 0 radical (unpaired) electrons. The molecule has 3 rings (SSSR count). The van der Waals surface area contributed by atoms with Gasteiger partial charge in [-0.1, -0.05) is 48.0 Å². The molecule has 0 atom stereocenters. The number of carbonyl (C=O) groups excluding carboxylic acids is 1. The van der Waals surface area contributed by atoms with Crippen molar-refractivity contribution in [3.63, 3.8) is 0 Å². The quantitative estimate of drug-likeness (QED) is 0.608. The second-order valence-electron chi connectivity index (χ2n) is 6.59. The summed E-state index contributed by atoms with van der Waals surface area (Å²) >= 11 is 6.45. The van der Waals surface area contributed by atoms with E-state index in [0.29, 0.717) is 47.4 Å². The highest BCUT2D eigenvalue weighted by Crippen LogP contribution is 2.27. The molecule has 7 heteroatoms. The Morgan fingerprint density at radius 1 is 1.07 bits per heavy atom. The number of aryl methyl sites for hydroxylation is 1. The predicted molar refractivity (Wildman–Crippen MR) is 113 cm³/mol. The first-order valence-electron chi connectivity index (χ1n) is 9.29. The Bertz CT molecular complexity index is 986. The van der Waals surface area contributed by atoms with Crippen LogP contribution in [0.2, 0.25) is 5.15 Å². The molecule has 1 heterocycles. The molecular weight excluding hydrogens is 390 g/mol. The summed E-state index contributed by atoms with van der Waals surface area (Å²) in [6, 6.07) is 15.6. The third kappa shape index (κ3) is 4.90. The number of nitrogens with one attached hydrogen (secondary N) is 1. The second-order valence-corrected chi connectivity index (χ2v) is 6.95. The first kappa shape index (κ1) is 20.7. The Kier molecular flexibility index (Phi) is 6.77. The van der Waals surface area contributed by atoms with Gasteiger partial charge in [-0.05, 0) is 36.6 Å². The Balaban J connectivity index is 1.64. The molecule has 0 bridgehead atoms. The summed E-state index contributed by atoms with van der Waals surface area (Å²) in [6.45, 7) is 2.77. The van der Waals surface area contributed by atoms with Crippen LogP contribution in [0.15, 0.2) is 48.5 Å². The molecule has 29 heavy (non-hydrogen) atoms. The van der Waals surface area contributed by atoms with Crippen molar-refractivity contribution < 1.29 is 14.3 Å². The van der Waals surface area contributed by atoms with E-state index in [4.69, 9.17) is 21.1 Å². The van der Waals surface area contributed by atoms with Crippen molar-refractivity contribution in [1.29, 1.82) is 0 Å². The molecule has 0 spiro atoms. The summed E-state index contributed by atoms with van der Waals surface area (Å²) in [7, 11) is 3.20. The average molecular weight is 414 g/mol. The number of halogens is 1. The number of benzene rings is 2. The lowest BCUT2D eigenvalue weighted by atomic mass is 10.1. The van der Waals surface area contributed by atoms with E-state index in [1.165, 1.54) is 0 Å². The first-order chi connectivity index (χ1) is 14.0. The van der Waals surface area contributed by atoms with Gasteiger partial charge in [-0.2, -0.15) is 5.10 Å². The summed E-state index contributed by atoms with van der Waals surface area (Å²) in [4.78, 5) is 12.7. The van der Waals surface area contributed by atoms with Crippen LogP contribution in [0, 0.1) is 6.92 Å². The minimum absolute atomic E-state index is 0.229. The van der Waals surface area contributed by atoms with E-state index in [9.17, 15) is 4.79 Å². The molecule has 0 saturated heterocycles. The van der Waals surface area contributed by atoms with Gasteiger partial charge in [-0.3, -0.25) is 4.79 Å². The molecule has 6 nitrogen and oxygen atoms in total. The fourth-order valence-corrected chi connectivity index (χ4v) is 3.44. The fraction of sp³-hybridized carbons (Fsp3) is 0.273. The van der Waals surface area contributed by atoms with E-state index in [2.05, 4.69) is 10.4 Å². The van der Waals surface area contributed by atoms with Crippen molar-refractivity contribution in [3.8, 4) is 11.5 Å². The van der Waals surface area contributed by atoms with Gasteiger partial charge in [0.2, 0.25) is 0 Å².